The molecular weight excluding hydrogens is 620 g/mol. The van der Waals surface area contributed by atoms with Crippen LogP contribution in [0.5, 0.6) is 5.75 Å². The summed E-state index contributed by atoms with van der Waals surface area (Å²) in [7, 11) is 1.57. The number of carbonyl (C=O) groups excluding carboxylic acids is 3. The third-order valence-electron chi connectivity index (χ3n) is 7.73. The monoisotopic (exact) mass is 648 g/mol. The number of anilines is 2. The van der Waals surface area contributed by atoms with E-state index in [0.29, 0.717) is 35.7 Å². The van der Waals surface area contributed by atoms with E-state index in [4.69, 9.17) is 9.73 Å². The van der Waals surface area contributed by atoms with Gasteiger partial charge < -0.3 is 9.72 Å². The van der Waals surface area contributed by atoms with E-state index in [2.05, 4.69) is 27.0 Å². The molecule has 0 unspecified atom stereocenters. The zero-order valence-corrected chi connectivity index (χ0v) is 25.7. The van der Waals surface area contributed by atoms with Crippen molar-refractivity contribution in [1.82, 2.24) is 4.98 Å². The number of hydrogen-bond donors (Lipinski definition) is 1. The van der Waals surface area contributed by atoms with Crippen LogP contribution in [0.4, 0.5) is 16.2 Å². The number of aromatic nitrogens is 1. The lowest BCUT2D eigenvalue weighted by molar-refractivity contribution is -0.129. The van der Waals surface area contributed by atoms with Crippen molar-refractivity contribution in [3.8, 4) is 5.75 Å². The van der Waals surface area contributed by atoms with Gasteiger partial charge in [0, 0.05) is 27.6 Å². The quantitative estimate of drug-likeness (QED) is 0.143. The molecule has 2 heterocycles. The first-order valence-corrected chi connectivity index (χ1v) is 14.9. The summed E-state index contributed by atoms with van der Waals surface area (Å²) in [5.41, 5.74) is 4.77. The molecule has 220 valence electrons. The van der Waals surface area contributed by atoms with Gasteiger partial charge in [-0.15, -0.1) is 0 Å². The molecule has 1 saturated heterocycles. The molecule has 0 aliphatic carbocycles. The molecule has 6 rings (SSSR count). The number of H-pyrrole nitrogens is 1. The van der Waals surface area contributed by atoms with Gasteiger partial charge in [0.2, 0.25) is 0 Å². The van der Waals surface area contributed by atoms with Crippen LogP contribution in [0.15, 0.2) is 113 Å². The van der Waals surface area contributed by atoms with Gasteiger partial charge in [-0.2, -0.15) is 0 Å². The molecule has 1 aromatic heterocycles. The first-order chi connectivity index (χ1) is 21.4. The summed E-state index contributed by atoms with van der Waals surface area (Å²) in [5, 5.41) is 1.08. The van der Waals surface area contributed by atoms with Crippen molar-refractivity contribution in [3.05, 3.63) is 124 Å². The highest BCUT2D eigenvalue weighted by Crippen LogP contribution is 2.32. The van der Waals surface area contributed by atoms with Gasteiger partial charge in [-0.25, -0.2) is 14.6 Å². The fourth-order valence-corrected chi connectivity index (χ4v) is 5.95. The van der Waals surface area contributed by atoms with Gasteiger partial charge in [0.25, 0.3) is 11.8 Å². The molecule has 4 aromatic carbocycles. The maximum Gasteiger partial charge on any atom is 0.342 e. The molecule has 0 saturated carbocycles. The van der Waals surface area contributed by atoms with Gasteiger partial charge in [0.05, 0.1) is 24.2 Å². The second-order valence-corrected chi connectivity index (χ2v) is 11.3. The number of aliphatic imine (C=N–C) groups is 1. The predicted octanol–water partition coefficient (Wildman–Crippen LogP) is 7.10. The van der Waals surface area contributed by atoms with Crippen LogP contribution in [-0.4, -0.2) is 42.2 Å². The van der Waals surface area contributed by atoms with Crippen LogP contribution in [0, 0.1) is 12.8 Å². The standard InChI is InChI=1S/C35H29BrN4O4/c1-22-28(29-21-24(36)15-18-30(29)38-22)19-20-37-32(23-13-16-27(44-2)17-14-23)31-33(41)39(25-9-5-3-6-10-25)35(43)40(34(31)42)26-11-7-4-8-12-26/h3-18,21,31,38H,19-20H2,1-2H3. The summed E-state index contributed by atoms with van der Waals surface area (Å²) in [6, 6.07) is 29.7. The van der Waals surface area contributed by atoms with Crippen molar-refractivity contribution in [2.75, 3.05) is 23.5 Å². The number of rotatable bonds is 8. The lowest BCUT2D eigenvalue weighted by Crippen LogP contribution is -2.62. The van der Waals surface area contributed by atoms with Gasteiger partial charge in [-0.05, 0) is 91.2 Å². The summed E-state index contributed by atoms with van der Waals surface area (Å²) in [6.07, 6.45) is 0.570. The van der Waals surface area contributed by atoms with Crippen LogP contribution >= 0.6 is 15.9 Å². The Kier molecular flexibility index (Phi) is 8.13. The number of halogens is 1. The van der Waals surface area contributed by atoms with Gasteiger partial charge in [0.15, 0.2) is 5.92 Å². The van der Waals surface area contributed by atoms with Crippen LogP contribution in [-0.2, 0) is 16.0 Å². The lowest BCUT2D eigenvalue weighted by Gasteiger charge is -2.37. The highest BCUT2D eigenvalue weighted by atomic mass is 79.9. The Balaban J connectivity index is 1.46. The minimum Gasteiger partial charge on any atom is -0.497 e. The number of hydrogen-bond acceptors (Lipinski definition) is 5. The number of para-hydroxylation sites is 2. The first-order valence-electron chi connectivity index (χ1n) is 14.1. The summed E-state index contributed by atoms with van der Waals surface area (Å²) in [6.45, 7) is 2.33. The number of imide groups is 2. The smallest absolute Gasteiger partial charge is 0.342 e. The highest BCUT2D eigenvalue weighted by molar-refractivity contribution is 9.10. The Bertz CT molecular complexity index is 1820. The molecule has 0 radical (unpaired) electrons. The van der Waals surface area contributed by atoms with Crippen molar-refractivity contribution in [3.63, 3.8) is 0 Å². The van der Waals surface area contributed by atoms with E-state index < -0.39 is 23.8 Å². The molecule has 8 nitrogen and oxygen atoms in total. The van der Waals surface area contributed by atoms with E-state index in [1.807, 2.05) is 19.1 Å². The fraction of sp³-hybridized carbons (Fsp3) is 0.143. The van der Waals surface area contributed by atoms with E-state index in [1.165, 1.54) is 0 Å². The number of aromatic amines is 1. The molecule has 4 amide bonds. The van der Waals surface area contributed by atoms with Gasteiger partial charge in [-0.3, -0.25) is 14.6 Å². The van der Waals surface area contributed by atoms with E-state index in [1.54, 1.807) is 92.0 Å². The van der Waals surface area contributed by atoms with Crippen LogP contribution in [0.1, 0.15) is 16.8 Å². The molecule has 0 bridgehead atoms. The Morgan fingerprint density at radius 2 is 1.43 bits per heavy atom. The number of nitrogens with zero attached hydrogens (tertiary/aromatic N) is 3. The Morgan fingerprint density at radius 3 is 2.00 bits per heavy atom. The second kappa shape index (κ2) is 12.3. The van der Waals surface area contributed by atoms with Crippen LogP contribution in [0.3, 0.4) is 0 Å². The van der Waals surface area contributed by atoms with Crippen molar-refractivity contribution < 1.29 is 19.1 Å². The number of benzene rings is 4. The van der Waals surface area contributed by atoms with Crippen LogP contribution in [0.2, 0.25) is 0 Å². The summed E-state index contributed by atoms with van der Waals surface area (Å²) in [4.78, 5) is 52.9. The van der Waals surface area contributed by atoms with Crippen molar-refractivity contribution in [1.29, 1.82) is 0 Å². The number of urea groups is 1. The molecule has 5 aromatic rings. The SMILES string of the molecule is COc1ccc(C(=NCCc2c(C)[nH]c3ccc(Br)cc23)C2C(=O)N(c3ccccc3)C(=O)N(c3ccccc3)C2=O)cc1. The van der Waals surface area contributed by atoms with Gasteiger partial charge in [0.1, 0.15) is 5.75 Å². The molecule has 0 spiro atoms. The number of methoxy groups -OCH3 is 1. The van der Waals surface area contributed by atoms with Gasteiger partial charge in [-0.1, -0.05) is 52.3 Å². The second-order valence-electron chi connectivity index (χ2n) is 10.4. The summed E-state index contributed by atoms with van der Waals surface area (Å²) >= 11 is 3.57. The number of amides is 4. The molecular formula is C35H29BrN4O4. The minimum atomic E-state index is -1.36. The van der Waals surface area contributed by atoms with E-state index in [-0.39, 0.29) is 5.71 Å². The normalized spacial score (nSPS) is 14.5. The predicted molar refractivity (Wildman–Crippen MR) is 176 cm³/mol. The zero-order valence-electron chi connectivity index (χ0n) is 24.2. The Morgan fingerprint density at radius 1 is 0.841 bits per heavy atom. The molecule has 1 fully saturated rings. The number of barbiturate groups is 1. The topological polar surface area (TPSA) is 95.1 Å². The fourth-order valence-electron chi connectivity index (χ4n) is 5.59. The van der Waals surface area contributed by atoms with Crippen molar-refractivity contribution in [2.24, 2.45) is 10.9 Å². The minimum absolute atomic E-state index is 0.288. The number of ether oxygens (including phenoxy) is 1. The molecule has 44 heavy (non-hydrogen) atoms. The molecule has 0 atom stereocenters. The molecule has 1 N–H and O–H groups in total. The molecule has 9 heteroatoms. The summed E-state index contributed by atoms with van der Waals surface area (Å²) < 4.78 is 6.32. The number of fused-ring (bicyclic) bond motifs is 1. The highest BCUT2D eigenvalue weighted by Gasteiger charge is 2.49. The first kappa shape index (κ1) is 29.1. The number of carbonyl (C=O) groups is 3. The third kappa shape index (κ3) is 5.42. The average molecular weight is 650 g/mol. The average Bonchev–Trinajstić information content (AvgIpc) is 3.35. The van der Waals surface area contributed by atoms with E-state index in [0.717, 1.165) is 36.4 Å². The maximum absolute atomic E-state index is 14.3. The maximum atomic E-state index is 14.3. The largest absolute Gasteiger partial charge is 0.497 e. The molecule has 1 aliphatic heterocycles. The van der Waals surface area contributed by atoms with Crippen LogP contribution in [0.25, 0.3) is 10.9 Å². The Labute approximate surface area is 263 Å². The van der Waals surface area contributed by atoms with Gasteiger partial charge >= 0.3 is 6.03 Å². The zero-order chi connectivity index (χ0) is 30.8. The van der Waals surface area contributed by atoms with E-state index in [9.17, 15) is 14.4 Å². The van der Waals surface area contributed by atoms with Crippen molar-refractivity contribution in [2.45, 2.75) is 13.3 Å². The molecule has 1 aliphatic rings. The van der Waals surface area contributed by atoms with E-state index >= 15 is 0 Å². The van der Waals surface area contributed by atoms with Crippen molar-refractivity contribution >= 4 is 61.8 Å². The lowest BCUT2D eigenvalue weighted by atomic mass is 9.91. The Hall–Kier alpha value is -5.02. The number of nitrogens with one attached hydrogen (secondary N) is 1. The third-order valence-corrected chi connectivity index (χ3v) is 8.22. The number of aryl methyl sites for hydroxylation is 1. The van der Waals surface area contributed by atoms with Crippen LogP contribution < -0.4 is 14.5 Å². The summed E-state index contributed by atoms with van der Waals surface area (Å²) in [5.74, 6) is -2.04.